The van der Waals surface area contributed by atoms with Crippen molar-refractivity contribution >= 4 is 23.2 Å². The molecule has 0 saturated carbocycles. The number of carbonyl (C=O) groups excluding carboxylic acids is 1. The average Bonchev–Trinajstić information content (AvgIpc) is 3.28. The quantitative estimate of drug-likeness (QED) is 0.505. The Morgan fingerprint density at radius 2 is 2.07 bits per heavy atom. The molecule has 1 N–H and O–H groups in total. The fourth-order valence-corrected chi connectivity index (χ4v) is 3.23. The molecule has 0 spiro atoms. The van der Waals surface area contributed by atoms with Crippen LogP contribution in [0.4, 0.5) is 10.1 Å². The first-order valence-electron chi connectivity index (χ1n) is 8.80. The van der Waals surface area contributed by atoms with Gasteiger partial charge < -0.3 is 9.84 Å². The Kier molecular flexibility index (Phi) is 5.14. The summed E-state index contributed by atoms with van der Waals surface area (Å²) in [6.45, 7) is 2.04. The molecule has 2 aromatic heterocycles. The lowest BCUT2D eigenvalue weighted by Gasteiger charge is -2.05. The van der Waals surface area contributed by atoms with E-state index < -0.39 is 0 Å². The van der Waals surface area contributed by atoms with Crippen LogP contribution in [0.2, 0.25) is 5.02 Å². The number of nitrogens with zero attached hydrogens (tertiary/aromatic N) is 3. The number of hydrogen-bond donors (Lipinski definition) is 1. The summed E-state index contributed by atoms with van der Waals surface area (Å²) >= 11 is 6.24. The zero-order chi connectivity index (χ0) is 20.4. The maximum Gasteiger partial charge on any atom is 0.261 e. The number of halogens is 2. The molecule has 146 valence electrons. The van der Waals surface area contributed by atoms with Crippen LogP contribution in [-0.2, 0) is 6.54 Å². The van der Waals surface area contributed by atoms with Gasteiger partial charge in [0, 0.05) is 11.8 Å². The van der Waals surface area contributed by atoms with E-state index in [0.29, 0.717) is 39.8 Å². The topological polar surface area (TPSA) is 73.0 Å². The first-order chi connectivity index (χ1) is 14.0. The molecule has 2 heterocycles. The number of aryl methyl sites for hydroxylation is 1. The predicted molar refractivity (Wildman–Crippen MR) is 107 cm³/mol. The maximum atomic E-state index is 13.3. The first-order valence-corrected chi connectivity index (χ1v) is 9.18. The number of amides is 1. The van der Waals surface area contributed by atoms with E-state index in [1.807, 2.05) is 6.07 Å². The molecule has 0 aliphatic rings. The van der Waals surface area contributed by atoms with Gasteiger partial charge in [-0.25, -0.2) is 4.39 Å². The molecule has 0 saturated heterocycles. The van der Waals surface area contributed by atoms with Crippen molar-refractivity contribution in [3.63, 3.8) is 0 Å². The largest absolute Gasteiger partial charge is 0.360 e. The van der Waals surface area contributed by atoms with Gasteiger partial charge in [-0.2, -0.15) is 5.10 Å². The third-order valence-corrected chi connectivity index (χ3v) is 4.67. The van der Waals surface area contributed by atoms with Crippen LogP contribution in [0, 0.1) is 12.7 Å². The third-order valence-electron chi connectivity index (χ3n) is 4.34. The van der Waals surface area contributed by atoms with E-state index in [1.54, 1.807) is 48.1 Å². The number of rotatable bonds is 5. The number of aromatic nitrogens is 3. The Balaban J connectivity index is 1.55. The molecule has 0 bridgehead atoms. The summed E-state index contributed by atoms with van der Waals surface area (Å²) in [4.78, 5) is 12.9. The van der Waals surface area contributed by atoms with Crippen LogP contribution in [0.3, 0.4) is 0 Å². The summed E-state index contributed by atoms with van der Waals surface area (Å²) in [5.41, 5.74) is 2.55. The molecule has 0 radical (unpaired) electrons. The number of benzene rings is 2. The van der Waals surface area contributed by atoms with Crippen LogP contribution < -0.4 is 5.32 Å². The van der Waals surface area contributed by atoms with Crippen molar-refractivity contribution in [2.45, 2.75) is 13.5 Å². The second kappa shape index (κ2) is 7.89. The monoisotopic (exact) mass is 410 g/mol. The van der Waals surface area contributed by atoms with E-state index in [2.05, 4.69) is 15.6 Å². The van der Waals surface area contributed by atoms with Crippen molar-refractivity contribution in [2.24, 2.45) is 0 Å². The van der Waals surface area contributed by atoms with Gasteiger partial charge in [-0.05, 0) is 30.7 Å². The van der Waals surface area contributed by atoms with Gasteiger partial charge in [-0.1, -0.05) is 47.1 Å². The molecule has 1 amide bonds. The van der Waals surface area contributed by atoms with Gasteiger partial charge in [0.15, 0.2) is 0 Å². The number of carbonyl (C=O) groups is 1. The van der Waals surface area contributed by atoms with Gasteiger partial charge in [0.2, 0.25) is 0 Å². The van der Waals surface area contributed by atoms with Gasteiger partial charge >= 0.3 is 0 Å². The average molecular weight is 411 g/mol. The van der Waals surface area contributed by atoms with Gasteiger partial charge in [0.1, 0.15) is 22.8 Å². The SMILES string of the molecule is Cc1onc(-c2ccccc2Cl)c1C(=O)Nc1cnn(Cc2cccc(F)c2)c1. The highest BCUT2D eigenvalue weighted by atomic mass is 35.5. The summed E-state index contributed by atoms with van der Waals surface area (Å²) < 4.78 is 20.2. The van der Waals surface area contributed by atoms with Crippen molar-refractivity contribution < 1.29 is 13.7 Å². The lowest BCUT2D eigenvalue weighted by molar-refractivity contribution is 0.102. The number of nitrogens with one attached hydrogen (secondary N) is 1. The molecule has 0 unspecified atom stereocenters. The summed E-state index contributed by atoms with van der Waals surface area (Å²) in [5.74, 6) is -0.313. The van der Waals surface area contributed by atoms with E-state index in [9.17, 15) is 9.18 Å². The molecule has 0 aliphatic carbocycles. The van der Waals surface area contributed by atoms with Crippen LogP contribution in [0.15, 0.2) is 65.4 Å². The van der Waals surface area contributed by atoms with Gasteiger partial charge in [0.05, 0.1) is 23.5 Å². The number of hydrogen-bond acceptors (Lipinski definition) is 4. The van der Waals surface area contributed by atoms with Gasteiger partial charge in [-0.15, -0.1) is 0 Å². The standard InChI is InChI=1S/C21H16ClFN4O2/c1-13-19(20(26-29-13)17-7-2-3-8-18(17)22)21(28)25-16-10-24-27(12-16)11-14-5-4-6-15(23)9-14/h2-10,12H,11H2,1H3,(H,25,28). The Labute approximate surface area is 170 Å². The molecule has 29 heavy (non-hydrogen) atoms. The summed E-state index contributed by atoms with van der Waals surface area (Å²) in [5, 5.41) is 11.5. The second-order valence-corrected chi connectivity index (χ2v) is 6.86. The van der Waals surface area contributed by atoms with E-state index in [-0.39, 0.29) is 11.7 Å². The molecule has 4 aromatic rings. The molecule has 0 aliphatic heterocycles. The van der Waals surface area contributed by atoms with Crippen molar-refractivity contribution in [1.82, 2.24) is 14.9 Å². The Hall–Kier alpha value is -3.45. The lowest BCUT2D eigenvalue weighted by atomic mass is 10.1. The van der Waals surface area contributed by atoms with Crippen molar-refractivity contribution in [2.75, 3.05) is 5.32 Å². The molecular formula is C21H16ClFN4O2. The van der Waals surface area contributed by atoms with E-state index in [4.69, 9.17) is 16.1 Å². The minimum atomic E-state index is -0.385. The fourth-order valence-electron chi connectivity index (χ4n) is 3.01. The molecule has 6 nitrogen and oxygen atoms in total. The second-order valence-electron chi connectivity index (χ2n) is 6.45. The van der Waals surface area contributed by atoms with Crippen molar-refractivity contribution in [3.05, 3.63) is 88.7 Å². The van der Waals surface area contributed by atoms with Gasteiger partial charge in [-0.3, -0.25) is 9.48 Å². The molecule has 0 fully saturated rings. The van der Waals surface area contributed by atoms with Crippen molar-refractivity contribution in [3.8, 4) is 11.3 Å². The summed E-state index contributed by atoms with van der Waals surface area (Å²) in [6, 6.07) is 13.4. The van der Waals surface area contributed by atoms with Crippen LogP contribution in [0.1, 0.15) is 21.7 Å². The summed E-state index contributed by atoms with van der Waals surface area (Å²) in [7, 11) is 0. The fraction of sp³-hybridized carbons (Fsp3) is 0.0952. The zero-order valence-electron chi connectivity index (χ0n) is 15.4. The van der Waals surface area contributed by atoms with E-state index in [0.717, 1.165) is 5.56 Å². The molecular weight excluding hydrogens is 395 g/mol. The van der Waals surface area contributed by atoms with Crippen LogP contribution in [-0.4, -0.2) is 20.8 Å². The van der Waals surface area contributed by atoms with Crippen LogP contribution in [0.25, 0.3) is 11.3 Å². The predicted octanol–water partition coefficient (Wildman–Crippen LogP) is 4.94. The minimum absolute atomic E-state index is 0.302. The van der Waals surface area contributed by atoms with Crippen LogP contribution >= 0.6 is 11.6 Å². The summed E-state index contributed by atoms with van der Waals surface area (Å²) in [6.07, 6.45) is 3.19. The highest BCUT2D eigenvalue weighted by Crippen LogP contribution is 2.31. The molecule has 0 atom stereocenters. The van der Waals surface area contributed by atoms with E-state index in [1.165, 1.54) is 18.3 Å². The molecule has 2 aromatic carbocycles. The smallest absolute Gasteiger partial charge is 0.261 e. The zero-order valence-corrected chi connectivity index (χ0v) is 16.2. The highest BCUT2D eigenvalue weighted by molar-refractivity contribution is 6.33. The minimum Gasteiger partial charge on any atom is -0.360 e. The normalized spacial score (nSPS) is 10.9. The maximum absolute atomic E-state index is 13.3. The first kappa shape index (κ1) is 18.9. The third kappa shape index (κ3) is 4.05. The lowest BCUT2D eigenvalue weighted by Crippen LogP contribution is -2.13. The van der Waals surface area contributed by atoms with E-state index >= 15 is 0 Å². The Morgan fingerprint density at radius 3 is 2.86 bits per heavy atom. The number of anilines is 1. The molecule has 4 rings (SSSR count). The Morgan fingerprint density at radius 1 is 1.24 bits per heavy atom. The van der Waals surface area contributed by atoms with Crippen molar-refractivity contribution in [1.29, 1.82) is 0 Å². The van der Waals surface area contributed by atoms with Crippen LogP contribution in [0.5, 0.6) is 0 Å². The highest BCUT2D eigenvalue weighted by Gasteiger charge is 2.23. The van der Waals surface area contributed by atoms with Gasteiger partial charge in [0.25, 0.3) is 5.91 Å². The molecule has 8 heteroatoms. The Bertz CT molecular complexity index is 1180.